The van der Waals surface area contributed by atoms with E-state index in [0.717, 1.165) is 12.3 Å². The Morgan fingerprint density at radius 3 is 2.45 bits per heavy atom. The van der Waals surface area contributed by atoms with Gasteiger partial charge in [0.1, 0.15) is 5.54 Å². The number of rotatable bonds is 1. The van der Waals surface area contributed by atoms with Crippen LogP contribution >= 0.6 is 0 Å². The Labute approximate surface area is 67.8 Å². The molecule has 2 saturated carbocycles. The standard InChI is InChI=1S/C9H14N2/c1-11(2)9(6-10)4-3-7-5-8(7)9/h7-8H,3-5H2,1-2H3. The summed E-state index contributed by atoms with van der Waals surface area (Å²) in [4.78, 5) is 2.12. The van der Waals surface area contributed by atoms with Crippen LogP contribution in [0.15, 0.2) is 0 Å². The fourth-order valence-corrected chi connectivity index (χ4v) is 2.54. The van der Waals surface area contributed by atoms with Crippen molar-refractivity contribution in [3.8, 4) is 6.07 Å². The number of nitriles is 1. The first kappa shape index (κ1) is 7.12. The van der Waals surface area contributed by atoms with Gasteiger partial charge in [-0.25, -0.2) is 0 Å². The third kappa shape index (κ3) is 0.750. The molecule has 0 aromatic rings. The highest BCUT2D eigenvalue weighted by Crippen LogP contribution is 2.58. The molecule has 0 N–H and O–H groups in total. The monoisotopic (exact) mass is 150 g/mol. The molecule has 0 aromatic heterocycles. The summed E-state index contributed by atoms with van der Waals surface area (Å²) in [6.45, 7) is 0. The van der Waals surface area contributed by atoms with E-state index >= 15 is 0 Å². The second kappa shape index (κ2) is 1.98. The summed E-state index contributed by atoms with van der Waals surface area (Å²) >= 11 is 0. The fourth-order valence-electron chi connectivity index (χ4n) is 2.54. The molecule has 0 radical (unpaired) electrons. The molecule has 2 fully saturated rings. The van der Waals surface area contributed by atoms with Crippen molar-refractivity contribution < 1.29 is 0 Å². The Bertz CT molecular complexity index is 216. The SMILES string of the molecule is CN(C)C1(C#N)CCC2CC21. The first-order valence-electron chi connectivity index (χ1n) is 4.29. The van der Waals surface area contributed by atoms with E-state index in [4.69, 9.17) is 5.26 Å². The number of hydrogen-bond donors (Lipinski definition) is 0. The molecule has 3 unspecified atom stereocenters. The third-order valence-corrected chi connectivity index (χ3v) is 3.42. The molecule has 0 heterocycles. The van der Waals surface area contributed by atoms with Gasteiger partial charge in [-0.1, -0.05) is 0 Å². The minimum Gasteiger partial charge on any atom is -0.291 e. The lowest BCUT2D eigenvalue weighted by Crippen LogP contribution is -2.43. The van der Waals surface area contributed by atoms with Crippen LogP contribution in [0.5, 0.6) is 0 Å². The average molecular weight is 150 g/mol. The van der Waals surface area contributed by atoms with E-state index in [-0.39, 0.29) is 5.54 Å². The molecule has 60 valence electrons. The Kier molecular flexibility index (Phi) is 1.28. The van der Waals surface area contributed by atoms with Crippen molar-refractivity contribution in [3.63, 3.8) is 0 Å². The number of nitrogens with zero attached hydrogens (tertiary/aromatic N) is 2. The van der Waals surface area contributed by atoms with Crippen LogP contribution in [-0.4, -0.2) is 24.5 Å². The van der Waals surface area contributed by atoms with Crippen LogP contribution in [0.2, 0.25) is 0 Å². The van der Waals surface area contributed by atoms with Gasteiger partial charge < -0.3 is 0 Å². The van der Waals surface area contributed by atoms with Crippen molar-refractivity contribution in [2.75, 3.05) is 14.1 Å². The van der Waals surface area contributed by atoms with Gasteiger partial charge in [-0.05, 0) is 45.2 Å². The highest BCUT2D eigenvalue weighted by molar-refractivity contribution is 5.22. The van der Waals surface area contributed by atoms with Crippen molar-refractivity contribution in [1.82, 2.24) is 4.90 Å². The predicted molar refractivity (Wildman–Crippen MR) is 42.9 cm³/mol. The Morgan fingerprint density at radius 2 is 2.27 bits per heavy atom. The predicted octanol–water partition coefficient (Wildman–Crippen LogP) is 1.24. The van der Waals surface area contributed by atoms with Gasteiger partial charge in [0.2, 0.25) is 0 Å². The zero-order valence-corrected chi connectivity index (χ0v) is 7.17. The van der Waals surface area contributed by atoms with Gasteiger partial charge in [-0.15, -0.1) is 0 Å². The van der Waals surface area contributed by atoms with E-state index in [2.05, 4.69) is 11.0 Å². The smallest absolute Gasteiger partial charge is 0.111 e. The maximum absolute atomic E-state index is 9.09. The van der Waals surface area contributed by atoms with Crippen LogP contribution in [0, 0.1) is 23.2 Å². The molecule has 0 spiro atoms. The topological polar surface area (TPSA) is 27.0 Å². The van der Waals surface area contributed by atoms with Gasteiger partial charge in [-0.3, -0.25) is 4.90 Å². The van der Waals surface area contributed by atoms with E-state index in [0.29, 0.717) is 5.92 Å². The summed E-state index contributed by atoms with van der Waals surface area (Å²) in [5, 5.41) is 9.09. The largest absolute Gasteiger partial charge is 0.291 e. The molecule has 2 aliphatic carbocycles. The second-order valence-corrected chi connectivity index (χ2v) is 4.07. The van der Waals surface area contributed by atoms with Crippen LogP contribution < -0.4 is 0 Å². The van der Waals surface area contributed by atoms with Crippen molar-refractivity contribution in [1.29, 1.82) is 5.26 Å². The highest BCUT2D eigenvalue weighted by atomic mass is 15.2. The van der Waals surface area contributed by atoms with Crippen LogP contribution in [0.3, 0.4) is 0 Å². The van der Waals surface area contributed by atoms with E-state index in [1.54, 1.807) is 0 Å². The van der Waals surface area contributed by atoms with Crippen molar-refractivity contribution >= 4 is 0 Å². The Balaban J connectivity index is 2.24. The molecular weight excluding hydrogens is 136 g/mol. The lowest BCUT2D eigenvalue weighted by molar-refractivity contribution is 0.195. The minimum atomic E-state index is -0.0926. The molecule has 3 atom stereocenters. The fraction of sp³-hybridized carbons (Fsp3) is 0.889. The van der Waals surface area contributed by atoms with E-state index in [1.165, 1.54) is 12.8 Å². The molecule has 0 amide bonds. The summed E-state index contributed by atoms with van der Waals surface area (Å²) in [6.07, 6.45) is 3.66. The molecule has 0 aromatic carbocycles. The van der Waals surface area contributed by atoms with E-state index < -0.39 is 0 Å². The lowest BCUT2D eigenvalue weighted by atomic mass is 9.94. The summed E-state index contributed by atoms with van der Waals surface area (Å²) in [5.41, 5.74) is -0.0926. The van der Waals surface area contributed by atoms with Gasteiger partial charge in [-0.2, -0.15) is 5.26 Å². The maximum Gasteiger partial charge on any atom is 0.111 e. The van der Waals surface area contributed by atoms with Crippen molar-refractivity contribution in [3.05, 3.63) is 0 Å². The summed E-state index contributed by atoms with van der Waals surface area (Å²) < 4.78 is 0. The molecule has 2 aliphatic rings. The summed E-state index contributed by atoms with van der Waals surface area (Å²) in [7, 11) is 4.06. The Hall–Kier alpha value is -0.550. The number of hydrogen-bond acceptors (Lipinski definition) is 2. The Morgan fingerprint density at radius 1 is 1.55 bits per heavy atom. The van der Waals surface area contributed by atoms with E-state index in [9.17, 15) is 0 Å². The van der Waals surface area contributed by atoms with Crippen LogP contribution in [0.4, 0.5) is 0 Å². The second-order valence-electron chi connectivity index (χ2n) is 4.07. The molecule has 2 rings (SSSR count). The summed E-state index contributed by atoms with van der Waals surface area (Å²) in [6, 6.07) is 2.49. The molecular formula is C9H14N2. The zero-order chi connectivity index (χ0) is 8.06. The zero-order valence-electron chi connectivity index (χ0n) is 7.17. The maximum atomic E-state index is 9.09. The molecule has 0 saturated heterocycles. The van der Waals surface area contributed by atoms with Gasteiger partial charge in [0, 0.05) is 0 Å². The molecule has 2 heteroatoms. The quantitative estimate of drug-likeness (QED) is 0.562. The van der Waals surface area contributed by atoms with Gasteiger partial charge in [0.05, 0.1) is 6.07 Å². The molecule has 0 bridgehead atoms. The van der Waals surface area contributed by atoms with Crippen LogP contribution in [0.1, 0.15) is 19.3 Å². The average Bonchev–Trinajstić information content (AvgIpc) is 2.66. The van der Waals surface area contributed by atoms with Gasteiger partial charge in [0.15, 0.2) is 0 Å². The third-order valence-electron chi connectivity index (χ3n) is 3.42. The highest BCUT2D eigenvalue weighted by Gasteiger charge is 2.59. The molecule has 0 aliphatic heterocycles. The van der Waals surface area contributed by atoms with Crippen molar-refractivity contribution in [2.24, 2.45) is 11.8 Å². The first-order chi connectivity index (χ1) is 5.20. The first-order valence-corrected chi connectivity index (χ1v) is 4.29. The summed E-state index contributed by atoms with van der Waals surface area (Å²) in [5.74, 6) is 1.58. The minimum absolute atomic E-state index is 0.0926. The normalized spacial score (nSPS) is 47.1. The van der Waals surface area contributed by atoms with Gasteiger partial charge >= 0.3 is 0 Å². The van der Waals surface area contributed by atoms with E-state index in [1.807, 2.05) is 14.1 Å². The van der Waals surface area contributed by atoms with Crippen LogP contribution in [0.25, 0.3) is 0 Å². The van der Waals surface area contributed by atoms with Crippen molar-refractivity contribution in [2.45, 2.75) is 24.8 Å². The lowest BCUT2D eigenvalue weighted by Gasteiger charge is -2.30. The van der Waals surface area contributed by atoms with Crippen LogP contribution in [-0.2, 0) is 0 Å². The van der Waals surface area contributed by atoms with Gasteiger partial charge in [0.25, 0.3) is 0 Å². The molecule has 2 nitrogen and oxygen atoms in total. The molecule has 11 heavy (non-hydrogen) atoms. The number of fused-ring (bicyclic) bond motifs is 1.